The number of carbonyl (C=O) groups is 1. The quantitative estimate of drug-likeness (QED) is 0.388. The molecule has 0 aromatic heterocycles. The van der Waals surface area contributed by atoms with Crippen LogP contribution in [0.5, 0.6) is 0 Å². The highest BCUT2D eigenvalue weighted by molar-refractivity contribution is 5.75. The monoisotopic (exact) mass is 220 g/mol. The predicted molar refractivity (Wildman–Crippen MR) is 71.5 cm³/mol. The fraction of sp³-hybridized carbons (Fsp3) is 0.533. The van der Waals surface area contributed by atoms with Gasteiger partial charge in [-0.05, 0) is 26.2 Å². The van der Waals surface area contributed by atoms with Gasteiger partial charge in [0, 0.05) is 6.42 Å². The second-order valence-corrected chi connectivity index (χ2v) is 4.06. The first kappa shape index (κ1) is 14.9. The summed E-state index contributed by atoms with van der Waals surface area (Å²) in [4.78, 5) is 10.7. The molecule has 0 aliphatic rings. The van der Waals surface area contributed by atoms with Gasteiger partial charge in [-0.1, -0.05) is 56.2 Å². The van der Waals surface area contributed by atoms with Crippen LogP contribution in [0.1, 0.15) is 51.9 Å². The van der Waals surface area contributed by atoms with E-state index >= 15 is 0 Å². The van der Waals surface area contributed by atoms with Crippen molar-refractivity contribution in [2.75, 3.05) is 0 Å². The number of hydrogen-bond donors (Lipinski definition) is 0. The van der Waals surface area contributed by atoms with Crippen LogP contribution in [0.2, 0.25) is 0 Å². The average Bonchev–Trinajstić information content (AvgIpc) is 2.25. The van der Waals surface area contributed by atoms with Gasteiger partial charge >= 0.3 is 0 Å². The van der Waals surface area contributed by atoms with Gasteiger partial charge in [0.05, 0.1) is 0 Å². The summed E-state index contributed by atoms with van der Waals surface area (Å²) in [7, 11) is 0. The van der Waals surface area contributed by atoms with Crippen LogP contribution in [0.3, 0.4) is 0 Å². The molecule has 0 spiro atoms. The van der Waals surface area contributed by atoms with Crippen molar-refractivity contribution in [1.29, 1.82) is 0 Å². The first-order valence-corrected chi connectivity index (χ1v) is 6.21. The summed E-state index contributed by atoms with van der Waals surface area (Å²) >= 11 is 0. The van der Waals surface area contributed by atoms with Crippen LogP contribution in [0.25, 0.3) is 0 Å². The molecule has 0 saturated heterocycles. The van der Waals surface area contributed by atoms with Gasteiger partial charge in [0.1, 0.15) is 5.78 Å². The summed E-state index contributed by atoms with van der Waals surface area (Å²) in [5, 5.41) is 0. The molecule has 0 aliphatic heterocycles. The molecule has 0 unspecified atom stereocenters. The van der Waals surface area contributed by atoms with E-state index in [2.05, 4.69) is 18.7 Å². The lowest BCUT2D eigenvalue weighted by molar-refractivity contribution is -0.117. The van der Waals surface area contributed by atoms with Gasteiger partial charge in [-0.15, -0.1) is 0 Å². The Hall–Kier alpha value is -1.11. The fourth-order valence-electron chi connectivity index (χ4n) is 1.48. The zero-order valence-electron chi connectivity index (χ0n) is 10.5. The Morgan fingerprint density at radius 2 is 1.69 bits per heavy atom. The highest BCUT2D eigenvalue weighted by atomic mass is 16.1. The molecule has 1 nitrogen and oxygen atoms in total. The van der Waals surface area contributed by atoms with Crippen LogP contribution in [0.15, 0.2) is 37.0 Å². The Balaban J connectivity index is 3.15. The van der Waals surface area contributed by atoms with E-state index in [9.17, 15) is 4.79 Å². The zero-order chi connectivity index (χ0) is 12.1. The molecule has 1 heteroatoms. The van der Waals surface area contributed by atoms with Crippen molar-refractivity contribution in [3.05, 3.63) is 37.0 Å². The first-order valence-electron chi connectivity index (χ1n) is 6.21. The minimum atomic E-state index is 0.317. The van der Waals surface area contributed by atoms with Crippen molar-refractivity contribution in [2.45, 2.75) is 51.9 Å². The molecule has 0 aromatic carbocycles. The van der Waals surface area contributed by atoms with E-state index in [1.807, 2.05) is 12.2 Å². The van der Waals surface area contributed by atoms with Crippen molar-refractivity contribution in [1.82, 2.24) is 0 Å². The molecule has 0 bridgehead atoms. The Bertz CT molecular complexity index is 236. The molecule has 0 radical (unpaired) electrons. The third-order valence-electron chi connectivity index (χ3n) is 2.39. The van der Waals surface area contributed by atoms with Crippen LogP contribution in [-0.4, -0.2) is 5.78 Å². The minimum absolute atomic E-state index is 0.317. The van der Waals surface area contributed by atoms with Gasteiger partial charge in [0.15, 0.2) is 0 Å². The molecule has 0 N–H and O–H groups in total. The Labute approximate surface area is 99.9 Å². The summed E-state index contributed by atoms with van der Waals surface area (Å²) in [5.41, 5.74) is 0. The van der Waals surface area contributed by atoms with Crippen molar-refractivity contribution in [3.8, 4) is 0 Å². The fourth-order valence-corrected chi connectivity index (χ4v) is 1.48. The van der Waals surface area contributed by atoms with Gasteiger partial charge in [0.25, 0.3) is 0 Å². The first-order chi connectivity index (χ1) is 7.77. The molecule has 0 fully saturated rings. The largest absolute Gasteiger partial charge is 0.300 e. The van der Waals surface area contributed by atoms with Gasteiger partial charge in [0.2, 0.25) is 0 Å². The van der Waals surface area contributed by atoms with E-state index in [1.54, 1.807) is 13.0 Å². The maximum atomic E-state index is 10.7. The summed E-state index contributed by atoms with van der Waals surface area (Å²) in [6.45, 7) is 5.27. The third kappa shape index (κ3) is 12.9. The van der Waals surface area contributed by atoms with E-state index in [4.69, 9.17) is 0 Å². The zero-order valence-corrected chi connectivity index (χ0v) is 10.5. The van der Waals surface area contributed by atoms with Gasteiger partial charge in [-0.3, -0.25) is 0 Å². The van der Waals surface area contributed by atoms with Crippen LogP contribution >= 0.6 is 0 Å². The molecule has 16 heavy (non-hydrogen) atoms. The molecule has 0 heterocycles. The lowest BCUT2D eigenvalue weighted by Crippen LogP contribution is -1.89. The van der Waals surface area contributed by atoms with Gasteiger partial charge in [-0.2, -0.15) is 0 Å². The lowest BCUT2D eigenvalue weighted by atomic mass is 10.1. The molecule has 0 amide bonds. The predicted octanol–water partition coefficient (Wildman–Crippen LogP) is 4.60. The second-order valence-electron chi connectivity index (χ2n) is 4.06. The van der Waals surface area contributed by atoms with E-state index in [0.29, 0.717) is 5.78 Å². The number of hydrogen-bond acceptors (Lipinski definition) is 1. The summed E-state index contributed by atoms with van der Waals surface area (Å²) in [5.74, 6) is 0.317. The summed E-state index contributed by atoms with van der Waals surface area (Å²) in [6, 6.07) is 0. The normalized spacial score (nSPS) is 11.3. The maximum absolute atomic E-state index is 10.7. The van der Waals surface area contributed by atoms with Crippen molar-refractivity contribution < 1.29 is 4.79 Å². The van der Waals surface area contributed by atoms with Crippen LogP contribution in [0.4, 0.5) is 0 Å². The lowest BCUT2D eigenvalue weighted by Gasteiger charge is -1.98. The van der Waals surface area contributed by atoms with Crippen LogP contribution in [-0.2, 0) is 4.79 Å². The van der Waals surface area contributed by atoms with Crippen molar-refractivity contribution in [3.63, 3.8) is 0 Å². The highest BCUT2D eigenvalue weighted by Gasteiger charge is 1.93. The Kier molecular flexibility index (Phi) is 11.1. The molecule has 0 atom stereocenters. The summed E-state index contributed by atoms with van der Waals surface area (Å²) in [6.07, 6.45) is 17.9. The van der Waals surface area contributed by atoms with Crippen molar-refractivity contribution in [2.24, 2.45) is 0 Å². The van der Waals surface area contributed by atoms with Crippen molar-refractivity contribution >= 4 is 5.78 Å². The molecule has 0 saturated carbocycles. The van der Waals surface area contributed by atoms with Crippen LogP contribution < -0.4 is 0 Å². The molecule has 0 rings (SSSR count). The van der Waals surface area contributed by atoms with Gasteiger partial charge < -0.3 is 4.79 Å². The molecular weight excluding hydrogens is 196 g/mol. The molecule has 0 aromatic rings. The SMILES string of the molecule is C=C/C=C/C=C/CCCCCCCC(C)=O. The standard InChI is InChI=1S/C15H24O/c1-3-4-5-6-7-8-9-10-11-12-13-14-15(2)16/h3-7H,1,8-14H2,2H3/b5-4+,7-6+. The second kappa shape index (κ2) is 12.0. The number of rotatable bonds is 10. The Morgan fingerprint density at radius 3 is 2.38 bits per heavy atom. The highest BCUT2D eigenvalue weighted by Crippen LogP contribution is 2.07. The number of unbranched alkanes of at least 4 members (excludes halogenated alkanes) is 5. The van der Waals surface area contributed by atoms with E-state index in [0.717, 1.165) is 19.3 Å². The number of Topliss-reactive ketones (excluding diaryl/α,β-unsaturated/α-hetero) is 1. The van der Waals surface area contributed by atoms with E-state index in [1.165, 1.54) is 25.7 Å². The number of carbonyl (C=O) groups excluding carboxylic acids is 1. The number of ketones is 1. The average molecular weight is 220 g/mol. The maximum Gasteiger partial charge on any atom is 0.129 e. The molecule has 90 valence electrons. The summed E-state index contributed by atoms with van der Waals surface area (Å²) < 4.78 is 0. The minimum Gasteiger partial charge on any atom is -0.300 e. The topological polar surface area (TPSA) is 17.1 Å². The molecule has 0 aliphatic carbocycles. The number of allylic oxidation sites excluding steroid dienone is 5. The smallest absolute Gasteiger partial charge is 0.129 e. The third-order valence-corrected chi connectivity index (χ3v) is 2.39. The van der Waals surface area contributed by atoms with Gasteiger partial charge in [-0.25, -0.2) is 0 Å². The Morgan fingerprint density at radius 1 is 1.00 bits per heavy atom. The molecular formula is C15H24O. The van der Waals surface area contributed by atoms with E-state index in [-0.39, 0.29) is 0 Å². The van der Waals surface area contributed by atoms with E-state index < -0.39 is 0 Å². The van der Waals surface area contributed by atoms with Crippen LogP contribution in [0, 0.1) is 0 Å².